The summed E-state index contributed by atoms with van der Waals surface area (Å²) in [5, 5.41) is 9.69. The number of carbonyl (C=O) groups excluding carboxylic acids is 1. The molecular formula is C26H27ClN4O4. The molecule has 3 aromatic rings. The van der Waals surface area contributed by atoms with Crippen molar-refractivity contribution in [3.05, 3.63) is 47.0 Å². The molecule has 9 heteroatoms. The topological polar surface area (TPSA) is 108 Å². The van der Waals surface area contributed by atoms with Crippen molar-refractivity contribution in [3.63, 3.8) is 0 Å². The Morgan fingerprint density at radius 1 is 1.11 bits per heavy atom. The van der Waals surface area contributed by atoms with E-state index in [4.69, 9.17) is 16.3 Å². The average molecular weight is 495 g/mol. The van der Waals surface area contributed by atoms with Gasteiger partial charge in [-0.2, -0.15) is 4.98 Å². The number of aliphatic carboxylic acids is 1. The fraction of sp³-hybridized carbons (Fsp3) is 0.385. The molecule has 1 unspecified atom stereocenters. The Bertz CT molecular complexity index is 1310. The van der Waals surface area contributed by atoms with Crippen LogP contribution in [0.5, 0.6) is 6.01 Å². The van der Waals surface area contributed by atoms with Gasteiger partial charge in [-0.3, -0.25) is 9.59 Å². The van der Waals surface area contributed by atoms with Crippen molar-refractivity contribution in [3.8, 4) is 17.3 Å². The van der Waals surface area contributed by atoms with Crippen LogP contribution in [0.15, 0.2) is 36.4 Å². The highest BCUT2D eigenvalue weighted by Crippen LogP contribution is 2.35. The summed E-state index contributed by atoms with van der Waals surface area (Å²) in [5.74, 6) is -0.885. The minimum absolute atomic E-state index is 0.00416. The lowest BCUT2D eigenvalue weighted by Crippen LogP contribution is -2.43. The Balaban J connectivity index is 1.29. The second kappa shape index (κ2) is 9.34. The lowest BCUT2D eigenvalue weighted by atomic mass is 9.81. The van der Waals surface area contributed by atoms with E-state index in [9.17, 15) is 14.7 Å². The van der Waals surface area contributed by atoms with Gasteiger partial charge in [-0.15, -0.1) is 0 Å². The van der Waals surface area contributed by atoms with Crippen molar-refractivity contribution in [1.29, 1.82) is 0 Å². The van der Waals surface area contributed by atoms with Gasteiger partial charge in [0.25, 0.3) is 6.01 Å². The van der Waals surface area contributed by atoms with Crippen LogP contribution in [0.4, 0.5) is 0 Å². The maximum absolute atomic E-state index is 12.0. The molecule has 2 heterocycles. The van der Waals surface area contributed by atoms with Gasteiger partial charge in [0.1, 0.15) is 6.10 Å². The molecule has 2 aliphatic rings. The number of hydrogen-bond donors (Lipinski definition) is 2. The fourth-order valence-electron chi connectivity index (χ4n) is 4.70. The van der Waals surface area contributed by atoms with Gasteiger partial charge in [0, 0.05) is 25.6 Å². The summed E-state index contributed by atoms with van der Waals surface area (Å²) in [6.07, 6.45) is 5.30. The average Bonchev–Trinajstić information content (AvgIpc) is 3.21. The van der Waals surface area contributed by atoms with Crippen LogP contribution >= 0.6 is 11.6 Å². The second-order valence-electron chi connectivity index (χ2n) is 9.49. The summed E-state index contributed by atoms with van der Waals surface area (Å²) in [7, 11) is 3.53. The third-order valence-electron chi connectivity index (χ3n) is 6.86. The molecule has 0 aliphatic heterocycles. The first-order chi connectivity index (χ1) is 16.8. The molecule has 2 aliphatic carbocycles. The minimum atomic E-state index is -0.727. The first kappa shape index (κ1) is 23.4. The molecule has 182 valence electrons. The molecule has 0 bridgehead atoms. The third-order valence-corrected chi connectivity index (χ3v) is 7.15. The molecule has 1 fully saturated rings. The lowest BCUT2D eigenvalue weighted by Gasteiger charge is -2.34. The predicted octanol–water partition coefficient (Wildman–Crippen LogP) is 4.79. The SMILES string of the molecule is CN(C)C(=O)[C@H]1C[C@@H](Oc2nc3nc(-c4ccc(C5=CCC(C(=O)O)CC5)cc4)c(Cl)cc3[nH]2)C1. The smallest absolute Gasteiger partial charge is 0.306 e. The standard InChI is InChI=1S/C26H27ClN4O4/c1-31(2)24(32)18-11-19(12-18)35-26-28-21-13-20(27)22(29-23(21)30-26)16-7-3-14(4-8-16)15-5-9-17(10-6-15)25(33)34/h3-5,7-8,13,17-19H,6,9-12H2,1-2H3,(H,33,34)(H,28,29,30)/t17?,18-,19+. The number of pyridine rings is 1. The molecule has 0 spiro atoms. The number of carboxylic acids is 1. The lowest BCUT2D eigenvalue weighted by molar-refractivity contribution is -0.142. The number of halogens is 1. The number of nitrogens with one attached hydrogen (secondary N) is 1. The van der Waals surface area contributed by atoms with Crippen LogP contribution in [-0.4, -0.2) is 57.0 Å². The Hall–Kier alpha value is -3.39. The van der Waals surface area contributed by atoms with E-state index in [-0.39, 0.29) is 23.8 Å². The molecule has 8 nitrogen and oxygen atoms in total. The van der Waals surface area contributed by atoms with Gasteiger partial charge in [-0.05, 0) is 49.3 Å². The number of hydrogen-bond acceptors (Lipinski definition) is 5. The van der Waals surface area contributed by atoms with Gasteiger partial charge in [0.05, 0.1) is 22.2 Å². The van der Waals surface area contributed by atoms with E-state index in [1.807, 2.05) is 30.3 Å². The maximum atomic E-state index is 12.0. The van der Waals surface area contributed by atoms with Gasteiger partial charge in [0.2, 0.25) is 5.91 Å². The van der Waals surface area contributed by atoms with Crippen molar-refractivity contribution in [2.24, 2.45) is 11.8 Å². The van der Waals surface area contributed by atoms with Crippen LogP contribution in [0, 0.1) is 11.8 Å². The molecule has 1 atom stereocenters. The largest absolute Gasteiger partial charge is 0.481 e. The zero-order chi connectivity index (χ0) is 24.7. The van der Waals surface area contributed by atoms with E-state index < -0.39 is 5.97 Å². The summed E-state index contributed by atoms with van der Waals surface area (Å²) < 4.78 is 5.92. The number of nitrogens with zero attached hydrogens (tertiary/aromatic N) is 3. The zero-order valence-electron chi connectivity index (χ0n) is 19.6. The number of amides is 1. The first-order valence-electron chi connectivity index (χ1n) is 11.7. The molecule has 0 radical (unpaired) electrons. The number of rotatable bonds is 6. The third kappa shape index (κ3) is 4.75. The number of H-pyrrole nitrogens is 1. The molecular weight excluding hydrogens is 468 g/mol. The zero-order valence-corrected chi connectivity index (χ0v) is 20.4. The molecule has 1 saturated carbocycles. The summed E-state index contributed by atoms with van der Waals surface area (Å²) in [5.41, 5.74) is 4.95. The Morgan fingerprint density at radius 2 is 1.83 bits per heavy atom. The summed E-state index contributed by atoms with van der Waals surface area (Å²) >= 11 is 6.55. The monoisotopic (exact) mass is 494 g/mol. The molecule has 35 heavy (non-hydrogen) atoms. The summed E-state index contributed by atoms with van der Waals surface area (Å²) in [4.78, 5) is 37.1. The highest BCUT2D eigenvalue weighted by atomic mass is 35.5. The number of imidazole rings is 1. The van der Waals surface area contributed by atoms with Gasteiger partial charge in [0.15, 0.2) is 5.65 Å². The van der Waals surface area contributed by atoms with Gasteiger partial charge >= 0.3 is 5.97 Å². The number of carboxylic acid groups (broad SMARTS) is 1. The number of aromatic amines is 1. The van der Waals surface area contributed by atoms with E-state index in [1.54, 1.807) is 25.1 Å². The Morgan fingerprint density at radius 3 is 2.46 bits per heavy atom. The van der Waals surface area contributed by atoms with Crippen molar-refractivity contribution in [2.75, 3.05) is 14.1 Å². The Kier molecular flexibility index (Phi) is 6.23. The fourth-order valence-corrected chi connectivity index (χ4v) is 4.96. The first-order valence-corrected chi connectivity index (χ1v) is 12.1. The highest BCUT2D eigenvalue weighted by Gasteiger charge is 2.37. The van der Waals surface area contributed by atoms with E-state index in [0.717, 1.165) is 17.5 Å². The van der Waals surface area contributed by atoms with Crippen LogP contribution in [0.25, 0.3) is 28.0 Å². The van der Waals surface area contributed by atoms with Crippen LogP contribution in [0.2, 0.25) is 5.02 Å². The number of benzene rings is 1. The molecule has 1 aromatic carbocycles. The van der Waals surface area contributed by atoms with Crippen molar-refractivity contribution < 1.29 is 19.4 Å². The van der Waals surface area contributed by atoms with E-state index in [2.05, 4.69) is 15.0 Å². The van der Waals surface area contributed by atoms with Gasteiger partial charge in [-0.1, -0.05) is 41.9 Å². The normalized spacial score (nSPS) is 21.8. The Labute approximate surface area is 208 Å². The molecule has 2 aromatic heterocycles. The van der Waals surface area contributed by atoms with Crippen molar-refractivity contribution in [1.82, 2.24) is 19.9 Å². The number of aromatic nitrogens is 3. The second-order valence-corrected chi connectivity index (χ2v) is 9.90. The molecule has 0 saturated heterocycles. The predicted molar refractivity (Wildman–Crippen MR) is 133 cm³/mol. The highest BCUT2D eigenvalue weighted by molar-refractivity contribution is 6.33. The summed E-state index contributed by atoms with van der Waals surface area (Å²) in [6.45, 7) is 0. The van der Waals surface area contributed by atoms with E-state index in [1.165, 1.54) is 5.57 Å². The summed E-state index contributed by atoms with van der Waals surface area (Å²) in [6, 6.07) is 10.2. The van der Waals surface area contributed by atoms with E-state index >= 15 is 0 Å². The quantitative estimate of drug-likeness (QED) is 0.510. The molecule has 2 N–H and O–H groups in total. The van der Waals surface area contributed by atoms with Crippen LogP contribution < -0.4 is 4.74 Å². The van der Waals surface area contributed by atoms with Gasteiger partial charge < -0.3 is 19.7 Å². The number of fused-ring (bicyclic) bond motifs is 1. The van der Waals surface area contributed by atoms with E-state index in [0.29, 0.717) is 53.6 Å². The number of allylic oxidation sites excluding steroid dienone is 2. The van der Waals surface area contributed by atoms with Crippen molar-refractivity contribution in [2.45, 2.75) is 38.2 Å². The maximum Gasteiger partial charge on any atom is 0.306 e. The molecule has 1 amide bonds. The number of ether oxygens (including phenoxy) is 1. The number of carbonyl (C=O) groups is 2. The van der Waals surface area contributed by atoms with Crippen molar-refractivity contribution >= 4 is 40.2 Å². The van der Waals surface area contributed by atoms with Crippen LogP contribution in [0.3, 0.4) is 0 Å². The van der Waals surface area contributed by atoms with Crippen LogP contribution in [-0.2, 0) is 9.59 Å². The molecule has 5 rings (SSSR count). The minimum Gasteiger partial charge on any atom is -0.481 e. The van der Waals surface area contributed by atoms with Gasteiger partial charge in [-0.25, -0.2) is 4.98 Å². The van der Waals surface area contributed by atoms with Crippen LogP contribution in [0.1, 0.15) is 37.7 Å².